The van der Waals surface area contributed by atoms with Gasteiger partial charge in [-0.3, -0.25) is 9.59 Å². The Morgan fingerprint density at radius 1 is 0.912 bits per heavy atom. The van der Waals surface area contributed by atoms with Crippen LogP contribution in [0.5, 0.6) is 0 Å². The first-order chi connectivity index (χ1) is 16.4. The molecule has 0 bridgehead atoms. The van der Waals surface area contributed by atoms with Crippen LogP contribution >= 0.6 is 11.3 Å². The molecule has 3 aromatic rings. The Kier molecular flexibility index (Phi) is 8.60. The van der Waals surface area contributed by atoms with Crippen molar-refractivity contribution in [1.29, 1.82) is 0 Å². The lowest BCUT2D eigenvalue weighted by atomic mass is 9.90. The highest BCUT2D eigenvalue weighted by Crippen LogP contribution is 2.36. The average molecular weight is 479 g/mol. The molecule has 0 saturated heterocycles. The summed E-state index contributed by atoms with van der Waals surface area (Å²) in [5, 5.41) is 3.27. The number of carbonyl (C=O) groups excluding carboxylic acids is 3. The number of esters is 1. The fourth-order valence-corrected chi connectivity index (χ4v) is 5.05. The van der Waals surface area contributed by atoms with Gasteiger partial charge in [0, 0.05) is 13.1 Å². The molecule has 34 heavy (non-hydrogen) atoms. The Labute approximate surface area is 204 Å². The number of hydrogen-bond donors (Lipinski definition) is 1. The average Bonchev–Trinajstić information content (AvgIpc) is 3.17. The number of amides is 2. The lowest BCUT2D eigenvalue weighted by Gasteiger charge is -2.18. The van der Waals surface area contributed by atoms with Crippen molar-refractivity contribution in [2.45, 2.75) is 33.6 Å². The normalized spacial score (nSPS) is 10.7. The second-order valence-corrected chi connectivity index (χ2v) is 8.72. The molecule has 2 amide bonds. The monoisotopic (exact) mass is 478 g/mol. The molecule has 6 nitrogen and oxygen atoms in total. The van der Waals surface area contributed by atoms with Gasteiger partial charge in [0.25, 0.3) is 5.91 Å². The zero-order chi connectivity index (χ0) is 24.7. The first kappa shape index (κ1) is 25.2. The molecule has 0 saturated carbocycles. The van der Waals surface area contributed by atoms with Crippen molar-refractivity contribution in [2.75, 3.05) is 25.0 Å². The highest BCUT2D eigenvalue weighted by molar-refractivity contribution is 7.18. The Hall–Kier alpha value is -3.45. The molecule has 0 radical (unpaired) electrons. The van der Waals surface area contributed by atoms with E-state index in [2.05, 4.69) is 5.32 Å². The summed E-state index contributed by atoms with van der Waals surface area (Å²) in [5.41, 5.74) is 2.41. The first-order valence-electron chi connectivity index (χ1n) is 11.4. The minimum atomic E-state index is -0.582. The van der Waals surface area contributed by atoms with Crippen LogP contribution in [0.25, 0.3) is 0 Å². The van der Waals surface area contributed by atoms with E-state index in [0.717, 1.165) is 22.5 Å². The summed E-state index contributed by atoms with van der Waals surface area (Å²) in [6, 6.07) is 19.0. The van der Waals surface area contributed by atoms with Crippen LogP contribution in [0.1, 0.15) is 63.4 Å². The van der Waals surface area contributed by atoms with E-state index in [1.807, 2.05) is 74.5 Å². The molecule has 3 rings (SSSR count). The number of hydrogen-bond acceptors (Lipinski definition) is 5. The van der Waals surface area contributed by atoms with Crippen LogP contribution in [0.4, 0.5) is 5.00 Å². The number of rotatable bonds is 9. The summed E-state index contributed by atoms with van der Waals surface area (Å²) in [4.78, 5) is 41.7. The number of thiophene rings is 1. The molecule has 2 aromatic carbocycles. The van der Waals surface area contributed by atoms with Gasteiger partial charge < -0.3 is 15.0 Å². The molecular formula is C27H30N2O4S. The van der Waals surface area contributed by atoms with Gasteiger partial charge in [0.05, 0.1) is 23.0 Å². The quantitative estimate of drug-likeness (QED) is 0.413. The predicted octanol–water partition coefficient (Wildman–Crippen LogP) is 5.49. The van der Waals surface area contributed by atoms with Crippen molar-refractivity contribution in [3.63, 3.8) is 0 Å². The first-order valence-corrected chi connectivity index (χ1v) is 12.2. The van der Waals surface area contributed by atoms with E-state index < -0.39 is 11.9 Å². The van der Waals surface area contributed by atoms with Gasteiger partial charge in [-0.05, 0) is 44.4 Å². The third kappa shape index (κ3) is 5.37. The summed E-state index contributed by atoms with van der Waals surface area (Å²) >= 11 is 1.12. The molecule has 0 atom stereocenters. The molecule has 7 heteroatoms. The van der Waals surface area contributed by atoms with Crippen LogP contribution in [-0.4, -0.2) is 42.4 Å². The summed E-state index contributed by atoms with van der Waals surface area (Å²) < 4.78 is 5.26. The summed E-state index contributed by atoms with van der Waals surface area (Å²) in [5.74, 6) is -1.59. The highest BCUT2D eigenvalue weighted by Gasteiger charge is 2.30. The van der Waals surface area contributed by atoms with Crippen LogP contribution in [0, 0.1) is 6.92 Å². The van der Waals surface area contributed by atoms with Crippen molar-refractivity contribution in [3.8, 4) is 0 Å². The van der Waals surface area contributed by atoms with Gasteiger partial charge in [0.1, 0.15) is 5.00 Å². The van der Waals surface area contributed by atoms with Gasteiger partial charge in [-0.15, -0.1) is 11.3 Å². The molecule has 1 heterocycles. The summed E-state index contributed by atoms with van der Waals surface area (Å²) in [7, 11) is 0. The largest absolute Gasteiger partial charge is 0.462 e. The number of anilines is 1. The highest BCUT2D eigenvalue weighted by atomic mass is 32.1. The van der Waals surface area contributed by atoms with E-state index in [-0.39, 0.29) is 24.0 Å². The van der Waals surface area contributed by atoms with E-state index in [9.17, 15) is 14.4 Å². The standard InChI is InChI=1S/C27H30N2O4S/c1-5-29(6-2)26(31)23-18(4)21(27(32)33-7-3)25(34-23)28-24(30)22(19-14-10-8-11-15-19)20-16-12-9-13-17-20/h8-17,22H,5-7H2,1-4H3,(H,28,30). The van der Waals surface area contributed by atoms with Crippen LogP contribution in [0.2, 0.25) is 0 Å². The van der Waals surface area contributed by atoms with Crippen molar-refractivity contribution >= 4 is 34.1 Å². The Morgan fingerprint density at radius 3 is 1.91 bits per heavy atom. The Balaban J connectivity index is 2.05. The van der Waals surface area contributed by atoms with Gasteiger partial charge in [-0.2, -0.15) is 0 Å². The molecule has 0 aliphatic carbocycles. The molecule has 0 fully saturated rings. The molecule has 178 valence electrons. The summed E-state index contributed by atoms with van der Waals surface area (Å²) in [6.07, 6.45) is 0. The third-order valence-electron chi connectivity index (χ3n) is 5.64. The maximum atomic E-state index is 13.6. The molecule has 0 aliphatic heterocycles. The fraction of sp³-hybridized carbons (Fsp3) is 0.296. The number of carbonyl (C=O) groups is 3. The predicted molar refractivity (Wildman–Crippen MR) is 136 cm³/mol. The minimum Gasteiger partial charge on any atom is -0.462 e. The van der Waals surface area contributed by atoms with Crippen molar-refractivity contribution in [3.05, 3.63) is 87.8 Å². The molecule has 0 unspecified atom stereocenters. The smallest absolute Gasteiger partial charge is 0.341 e. The summed E-state index contributed by atoms with van der Waals surface area (Å²) in [6.45, 7) is 8.55. The molecule has 0 spiro atoms. The van der Waals surface area contributed by atoms with E-state index in [1.165, 1.54) is 0 Å². The number of ether oxygens (including phenoxy) is 1. The number of benzene rings is 2. The lowest BCUT2D eigenvalue weighted by Crippen LogP contribution is -2.30. The van der Waals surface area contributed by atoms with Crippen LogP contribution in [0.15, 0.2) is 60.7 Å². The van der Waals surface area contributed by atoms with Crippen molar-refractivity contribution in [2.24, 2.45) is 0 Å². The lowest BCUT2D eigenvalue weighted by molar-refractivity contribution is -0.116. The van der Waals surface area contributed by atoms with Gasteiger partial charge in [0.2, 0.25) is 5.91 Å². The van der Waals surface area contributed by atoms with Crippen molar-refractivity contribution < 1.29 is 19.1 Å². The SMILES string of the molecule is CCOC(=O)c1c(NC(=O)C(c2ccccc2)c2ccccc2)sc(C(=O)N(CC)CC)c1C. The van der Waals surface area contributed by atoms with Crippen molar-refractivity contribution in [1.82, 2.24) is 4.90 Å². The molecular weight excluding hydrogens is 448 g/mol. The van der Waals surface area contributed by atoms with E-state index in [1.54, 1.807) is 18.7 Å². The number of nitrogens with one attached hydrogen (secondary N) is 1. The number of nitrogens with zero attached hydrogens (tertiary/aromatic N) is 1. The molecule has 0 aliphatic rings. The maximum Gasteiger partial charge on any atom is 0.341 e. The zero-order valence-corrected chi connectivity index (χ0v) is 20.8. The van der Waals surface area contributed by atoms with Gasteiger partial charge in [0.15, 0.2) is 0 Å². The molecule has 1 N–H and O–H groups in total. The van der Waals surface area contributed by atoms with E-state index in [0.29, 0.717) is 28.5 Å². The third-order valence-corrected chi connectivity index (χ3v) is 6.83. The minimum absolute atomic E-state index is 0.166. The Morgan fingerprint density at radius 2 is 1.44 bits per heavy atom. The van der Waals surface area contributed by atoms with E-state index >= 15 is 0 Å². The zero-order valence-electron chi connectivity index (χ0n) is 20.0. The Bertz CT molecular complexity index is 1100. The van der Waals surface area contributed by atoms with Crippen LogP contribution in [-0.2, 0) is 9.53 Å². The van der Waals surface area contributed by atoms with Gasteiger partial charge >= 0.3 is 5.97 Å². The second kappa shape index (κ2) is 11.6. The van der Waals surface area contributed by atoms with Gasteiger partial charge in [-0.1, -0.05) is 60.7 Å². The maximum absolute atomic E-state index is 13.6. The van der Waals surface area contributed by atoms with E-state index in [4.69, 9.17) is 4.74 Å². The van der Waals surface area contributed by atoms with Gasteiger partial charge in [-0.25, -0.2) is 4.79 Å². The molecule has 1 aromatic heterocycles. The van der Waals surface area contributed by atoms with Crippen LogP contribution < -0.4 is 5.32 Å². The topological polar surface area (TPSA) is 75.7 Å². The second-order valence-electron chi connectivity index (χ2n) is 7.70. The fourth-order valence-electron chi connectivity index (χ4n) is 3.88. The van der Waals surface area contributed by atoms with Crippen LogP contribution in [0.3, 0.4) is 0 Å².